The molecule has 2 aromatic rings. The van der Waals surface area contributed by atoms with Crippen LogP contribution in [0.5, 0.6) is 0 Å². The van der Waals surface area contributed by atoms with Crippen LogP contribution in [0.25, 0.3) is 10.2 Å². The number of aromatic nitrogens is 1. The van der Waals surface area contributed by atoms with Crippen LogP contribution in [0.1, 0.15) is 31.2 Å². The van der Waals surface area contributed by atoms with E-state index in [1.54, 1.807) is 0 Å². The highest BCUT2D eigenvalue weighted by Gasteiger charge is 2.18. The second-order valence-corrected chi connectivity index (χ2v) is 6.55. The highest BCUT2D eigenvalue weighted by atomic mass is 35.5. The molecule has 3 rings (SSSR count). The Morgan fingerprint density at radius 1 is 1.40 bits per heavy atom. The van der Waals surface area contributed by atoms with E-state index in [1.165, 1.54) is 24.2 Å². The Labute approximate surface area is 126 Å². The van der Waals surface area contributed by atoms with Crippen LogP contribution in [-0.4, -0.2) is 17.1 Å². The van der Waals surface area contributed by atoms with Gasteiger partial charge in [0.05, 0.1) is 15.2 Å². The largest absolute Gasteiger partial charge is 0.335 e. The van der Waals surface area contributed by atoms with Crippen LogP contribution >= 0.6 is 22.9 Å². The molecular weight excluding hydrogens is 294 g/mol. The molecule has 2 N–H and O–H groups in total. The normalized spacial score (nSPS) is 15.7. The molecule has 0 radical (unpaired) electrons. The summed E-state index contributed by atoms with van der Waals surface area (Å²) in [7, 11) is 0. The van der Waals surface area contributed by atoms with Crippen molar-refractivity contribution in [2.24, 2.45) is 0 Å². The van der Waals surface area contributed by atoms with Crippen LogP contribution in [-0.2, 0) is 0 Å². The minimum atomic E-state index is -0.176. The molecule has 0 bridgehead atoms. The molecule has 1 saturated carbocycles. The van der Waals surface area contributed by atoms with Gasteiger partial charge in [-0.15, -0.1) is 0 Å². The molecule has 4 nitrogen and oxygen atoms in total. The standard InChI is InChI=1S/C14H16ClN3OS/c1-8-6-7-10(15)12-11(8)17-14(20-12)18-13(19)16-9-4-2-3-5-9/h6-7,9H,2-5H2,1H3,(H2,16,17,18,19). The zero-order chi connectivity index (χ0) is 14.1. The van der Waals surface area contributed by atoms with Crippen molar-refractivity contribution in [2.45, 2.75) is 38.6 Å². The van der Waals surface area contributed by atoms with E-state index in [0.29, 0.717) is 16.2 Å². The van der Waals surface area contributed by atoms with E-state index in [4.69, 9.17) is 11.6 Å². The first kappa shape index (κ1) is 13.6. The predicted molar refractivity (Wildman–Crippen MR) is 83.8 cm³/mol. The van der Waals surface area contributed by atoms with Crippen molar-refractivity contribution in [3.8, 4) is 0 Å². The lowest BCUT2D eigenvalue weighted by atomic mass is 10.2. The number of nitrogens with zero attached hydrogens (tertiary/aromatic N) is 1. The molecule has 2 amide bonds. The minimum Gasteiger partial charge on any atom is -0.335 e. The number of rotatable bonds is 2. The quantitative estimate of drug-likeness (QED) is 0.868. The van der Waals surface area contributed by atoms with Gasteiger partial charge in [-0.1, -0.05) is 41.8 Å². The van der Waals surface area contributed by atoms with Crippen LogP contribution < -0.4 is 10.6 Å². The van der Waals surface area contributed by atoms with Gasteiger partial charge in [-0.2, -0.15) is 0 Å². The van der Waals surface area contributed by atoms with Crippen molar-refractivity contribution in [3.63, 3.8) is 0 Å². The van der Waals surface area contributed by atoms with Crippen molar-refractivity contribution in [1.82, 2.24) is 10.3 Å². The number of benzene rings is 1. The minimum absolute atomic E-state index is 0.176. The first-order valence-electron chi connectivity index (χ1n) is 6.76. The second kappa shape index (κ2) is 5.58. The number of halogens is 1. The number of nitrogens with one attached hydrogen (secondary N) is 2. The lowest BCUT2D eigenvalue weighted by Crippen LogP contribution is -2.36. The molecule has 106 valence electrons. The summed E-state index contributed by atoms with van der Waals surface area (Å²) in [5.41, 5.74) is 1.92. The maximum atomic E-state index is 11.9. The lowest BCUT2D eigenvalue weighted by Gasteiger charge is -2.11. The number of amides is 2. The highest BCUT2D eigenvalue weighted by Crippen LogP contribution is 2.33. The van der Waals surface area contributed by atoms with E-state index in [0.717, 1.165) is 28.6 Å². The van der Waals surface area contributed by atoms with E-state index in [1.807, 2.05) is 19.1 Å². The molecule has 1 aliphatic carbocycles. The van der Waals surface area contributed by atoms with Crippen molar-refractivity contribution in [1.29, 1.82) is 0 Å². The molecular formula is C14H16ClN3OS. The third kappa shape index (κ3) is 2.74. The van der Waals surface area contributed by atoms with Gasteiger partial charge in [0.2, 0.25) is 0 Å². The van der Waals surface area contributed by atoms with Crippen LogP contribution in [0.2, 0.25) is 5.02 Å². The molecule has 0 atom stereocenters. The van der Waals surface area contributed by atoms with Gasteiger partial charge in [0.1, 0.15) is 0 Å². The third-order valence-corrected chi connectivity index (χ3v) is 5.04. The van der Waals surface area contributed by atoms with E-state index in [2.05, 4.69) is 15.6 Å². The number of carbonyl (C=O) groups excluding carboxylic acids is 1. The molecule has 0 unspecified atom stereocenters. The Bertz CT molecular complexity index is 610. The lowest BCUT2D eigenvalue weighted by molar-refractivity contribution is 0.248. The average molecular weight is 310 g/mol. The van der Waals surface area contributed by atoms with E-state index < -0.39 is 0 Å². The van der Waals surface area contributed by atoms with Gasteiger partial charge >= 0.3 is 6.03 Å². The van der Waals surface area contributed by atoms with Gasteiger partial charge in [0, 0.05) is 6.04 Å². The molecule has 1 heterocycles. The Kier molecular flexibility index (Phi) is 3.81. The average Bonchev–Trinajstić information content (AvgIpc) is 3.03. The summed E-state index contributed by atoms with van der Waals surface area (Å²) in [5.74, 6) is 0. The summed E-state index contributed by atoms with van der Waals surface area (Å²) in [6.45, 7) is 1.99. The second-order valence-electron chi connectivity index (χ2n) is 5.14. The highest BCUT2D eigenvalue weighted by molar-refractivity contribution is 7.23. The fraction of sp³-hybridized carbons (Fsp3) is 0.429. The first-order valence-corrected chi connectivity index (χ1v) is 7.96. The number of aryl methyl sites for hydroxylation is 1. The predicted octanol–water partition coefficient (Wildman–Crippen LogP) is 4.32. The number of thiazole rings is 1. The van der Waals surface area contributed by atoms with Crippen LogP contribution in [0, 0.1) is 6.92 Å². The molecule has 1 aliphatic rings. The SMILES string of the molecule is Cc1ccc(Cl)c2sc(NC(=O)NC3CCCC3)nc12. The Hall–Kier alpha value is -1.33. The number of carbonyl (C=O) groups is 1. The number of anilines is 1. The topological polar surface area (TPSA) is 54.0 Å². The number of fused-ring (bicyclic) bond motifs is 1. The summed E-state index contributed by atoms with van der Waals surface area (Å²) in [6, 6.07) is 3.92. The van der Waals surface area contributed by atoms with Gasteiger partial charge in [-0.05, 0) is 31.4 Å². The van der Waals surface area contributed by atoms with Crippen LogP contribution in [0.3, 0.4) is 0 Å². The van der Waals surface area contributed by atoms with Gasteiger partial charge in [0.25, 0.3) is 0 Å². The van der Waals surface area contributed by atoms with Gasteiger partial charge in [0.15, 0.2) is 5.13 Å². The molecule has 6 heteroatoms. The fourth-order valence-corrected chi connectivity index (χ4v) is 3.76. The number of urea groups is 1. The Balaban J connectivity index is 1.75. The van der Waals surface area contributed by atoms with Gasteiger partial charge in [-0.3, -0.25) is 5.32 Å². The molecule has 1 aromatic heterocycles. The van der Waals surface area contributed by atoms with Gasteiger partial charge < -0.3 is 5.32 Å². The summed E-state index contributed by atoms with van der Waals surface area (Å²) < 4.78 is 0.919. The Morgan fingerprint density at radius 2 is 2.15 bits per heavy atom. The summed E-state index contributed by atoms with van der Waals surface area (Å²) in [6.07, 6.45) is 4.53. The maximum absolute atomic E-state index is 11.9. The first-order chi connectivity index (χ1) is 9.63. The number of hydrogen-bond donors (Lipinski definition) is 2. The molecule has 20 heavy (non-hydrogen) atoms. The molecule has 0 aliphatic heterocycles. The summed E-state index contributed by atoms with van der Waals surface area (Å²) >= 11 is 7.57. The van der Waals surface area contributed by atoms with Gasteiger partial charge in [-0.25, -0.2) is 9.78 Å². The molecule has 0 spiro atoms. The zero-order valence-electron chi connectivity index (χ0n) is 11.2. The molecule has 0 saturated heterocycles. The van der Waals surface area contributed by atoms with E-state index in [-0.39, 0.29) is 6.03 Å². The van der Waals surface area contributed by atoms with Crippen molar-refractivity contribution in [2.75, 3.05) is 5.32 Å². The fourth-order valence-electron chi connectivity index (χ4n) is 2.54. The summed E-state index contributed by atoms with van der Waals surface area (Å²) in [5, 5.41) is 7.06. The smallest absolute Gasteiger partial charge is 0.321 e. The maximum Gasteiger partial charge on any atom is 0.321 e. The monoisotopic (exact) mass is 309 g/mol. The van der Waals surface area contributed by atoms with Crippen molar-refractivity contribution < 1.29 is 4.79 Å². The molecule has 1 aromatic carbocycles. The van der Waals surface area contributed by atoms with Crippen LogP contribution in [0.4, 0.5) is 9.93 Å². The van der Waals surface area contributed by atoms with E-state index in [9.17, 15) is 4.79 Å². The molecule has 1 fully saturated rings. The summed E-state index contributed by atoms with van der Waals surface area (Å²) in [4.78, 5) is 16.4. The number of hydrogen-bond acceptors (Lipinski definition) is 3. The Morgan fingerprint density at radius 3 is 2.85 bits per heavy atom. The van der Waals surface area contributed by atoms with Crippen molar-refractivity contribution >= 4 is 44.3 Å². The third-order valence-electron chi connectivity index (χ3n) is 3.61. The zero-order valence-corrected chi connectivity index (χ0v) is 12.8. The van der Waals surface area contributed by atoms with Crippen LogP contribution in [0.15, 0.2) is 12.1 Å². The van der Waals surface area contributed by atoms with E-state index >= 15 is 0 Å². The van der Waals surface area contributed by atoms with Crippen molar-refractivity contribution in [3.05, 3.63) is 22.7 Å².